The van der Waals surface area contributed by atoms with Gasteiger partial charge in [-0.15, -0.1) is 0 Å². The van der Waals surface area contributed by atoms with E-state index in [9.17, 15) is 0 Å². The van der Waals surface area contributed by atoms with Crippen LogP contribution in [-0.2, 0) is 0 Å². The third-order valence-electron chi connectivity index (χ3n) is 3.64. The third kappa shape index (κ3) is 7.22. The highest BCUT2D eigenvalue weighted by Crippen LogP contribution is 2.19. The van der Waals surface area contributed by atoms with Crippen molar-refractivity contribution in [3.63, 3.8) is 0 Å². The predicted octanol–water partition coefficient (Wildman–Crippen LogP) is 4.18. The number of nitrogens with one attached hydrogen (secondary N) is 1. The molecule has 0 saturated carbocycles. The van der Waals surface area contributed by atoms with Gasteiger partial charge in [0.2, 0.25) is 0 Å². The van der Waals surface area contributed by atoms with E-state index >= 15 is 0 Å². The standard InChI is InChI=1S/C17H30N2/c1-14(2)6-4-5-12-19-13-11-15(3)16-7-9-17(18)10-8-16/h7-10,14-15,19H,4-6,11-13,18H2,1-3H3. The summed E-state index contributed by atoms with van der Waals surface area (Å²) in [6.45, 7) is 9.13. The fourth-order valence-electron chi connectivity index (χ4n) is 2.24. The van der Waals surface area contributed by atoms with E-state index in [0.29, 0.717) is 5.92 Å². The molecular formula is C17H30N2. The zero-order valence-electron chi connectivity index (χ0n) is 12.8. The largest absolute Gasteiger partial charge is 0.399 e. The summed E-state index contributed by atoms with van der Waals surface area (Å²) >= 11 is 0. The van der Waals surface area contributed by atoms with Crippen molar-refractivity contribution in [3.05, 3.63) is 29.8 Å². The summed E-state index contributed by atoms with van der Waals surface area (Å²) in [6, 6.07) is 8.27. The van der Waals surface area contributed by atoms with Crippen LogP contribution in [-0.4, -0.2) is 13.1 Å². The molecule has 2 nitrogen and oxygen atoms in total. The molecule has 0 aliphatic carbocycles. The number of hydrogen-bond donors (Lipinski definition) is 2. The van der Waals surface area contributed by atoms with Crippen LogP contribution in [0.5, 0.6) is 0 Å². The molecule has 3 N–H and O–H groups in total. The Hall–Kier alpha value is -1.02. The van der Waals surface area contributed by atoms with Crippen LogP contribution < -0.4 is 11.1 Å². The van der Waals surface area contributed by atoms with E-state index in [4.69, 9.17) is 5.73 Å². The van der Waals surface area contributed by atoms with Gasteiger partial charge in [0.05, 0.1) is 0 Å². The Balaban J connectivity index is 2.07. The van der Waals surface area contributed by atoms with Gasteiger partial charge >= 0.3 is 0 Å². The number of hydrogen-bond acceptors (Lipinski definition) is 2. The molecule has 108 valence electrons. The molecular weight excluding hydrogens is 232 g/mol. The van der Waals surface area contributed by atoms with Gasteiger partial charge in [-0.2, -0.15) is 0 Å². The Morgan fingerprint density at radius 3 is 2.26 bits per heavy atom. The monoisotopic (exact) mass is 262 g/mol. The number of anilines is 1. The maximum atomic E-state index is 5.70. The molecule has 0 radical (unpaired) electrons. The second-order valence-corrected chi connectivity index (χ2v) is 6.00. The van der Waals surface area contributed by atoms with E-state index in [1.54, 1.807) is 0 Å². The molecule has 0 aliphatic heterocycles. The number of benzene rings is 1. The Morgan fingerprint density at radius 1 is 0.947 bits per heavy atom. The van der Waals surface area contributed by atoms with Crippen molar-refractivity contribution in [2.24, 2.45) is 5.92 Å². The highest BCUT2D eigenvalue weighted by Gasteiger charge is 2.04. The summed E-state index contributed by atoms with van der Waals surface area (Å²) in [7, 11) is 0. The van der Waals surface area contributed by atoms with Crippen molar-refractivity contribution in [3.8, 4) is 0 Å². The summed E-state index contributed by atoms with van der Waals surface area (Å²) in [4.78, 5) is 0. The van der Waals surface area contributed by atoms with Crippen LogP contribution in [0.2, 0.25) is 0 Å². The summed E-state index contributed by atoms with van der Waals surface area (Å²) in [5.74, 6) is 1.44. The van der Waals surface area contributed by atoms with Gasteiger partial charge in [0, 0.05) is 5.69 Å². The van der Waals surface area contributed by atoms with Gasteiger partial charge in [-0.05, 0) is 55.5 Å². The molecule has 1 aromatic carbocycles. The zero-order valence-corrected chi connectivity index (χ0v) is 12.8. The first kappa shape index (κ1) is 16.0. The van der Waals surface area contributed by atoms with E-state index in [2.05, 4.69) is 38.2 Å². The molecule has 1 rings (SSSR count). The molecule has 0 heterocycles. The van der Waals surface area contributed by atoms with E-state index < -0.39 is 0 Å². The van der Waals surface area contributed by atoms with Gasteiger partial charge in [-0.25, -0.2) is 0 Å². The highest BCUT2D eigenvalue weighted by atomic mass is 14.8. The van der Waals surface area contributed by atoms with E-state index in [1.165, 1.54) is 31.2 Å². The zero-order chi connectivity index (χ0) is 14.1. The van der Waals surface area contributed by atoms with Gasteiger partial charge in [0.15, 0.2) is 0 Å². The lowest BCUT2D eigenvalue weighted by molar-refractivity contribution is 0.512. The van der Waals surface area contributed by atoms with Crippen molar-refractivity contribution >= 4 is 5.69 Å². The quantitative estimate of drug-likeness (QED) is 0.517. The first-order valence-corrected chi connectivity index (χ1v) is 7.65. The topological polar surface area (TPSA) is 38.0 Å². The Kier molecular flexibility index (Phi) is 7.57. The van der Waals surface area contributed by atoms with Crippen LogP contribution in [0.1, 0.15) is 57.9 Å². The van der Waals surface area contributed by atoms with Crippen LogP contribution >= 0.6 is 0 Å². The summed E-state index contributed by atoms with van der Waals surface area (Å²) in [5, 5.41) is 3.55. The first-order chi connectivity index (χ1) is 9.09. The molecule has 0 amide bonds. The summed E-state index contributed by atoms with van der Waals surface area (Å²) in [5.41, 5.74) is 7.94. The van der Waals surface area contributed by atoms with Crippen molar-refractivity contribution in [2.45, 2.75) is 52.4 Å². The molecule has 0 spiro atoms. The molecule has 1 atom stereocenters. The number of rotatable bonds is 9. The molecule has 0 saturated heterocycles. The minimum absolute atomic E-state index is 0.601. The van der Waals surface area contributed by atoms with E-state index in [1.807, 2.05) is 12.1 Å². The van der Waals surface area contributed by atoms with Crippen LogP contribution in [0.25, 0.3) is 0 Å². The lowest BCUT2D eigenvalue weighted by atomic mass is 9.97. The average Bonchev–Trinajstić information content (AvgIpc) is 2.38. The Morgan fingerprint density at radius 2 is 1.63 bits per heavy atom. The lowest BCUT2D eigenvalue weighted by Crippen LogP contribution is -2.18. The van der Waals surface area contributed by atoms with Crippen LogP contribution in [0.4, 0.5) is 5.69 Å². The molecule has 1 aromatic rings. The molecule has 0 aromatic heterocycles. The van der Waals surface area contributed by atoms with Crippen molar-refractivity contribution < 1.29 is 0 Å². The second kappa shape index (κ2) is 8.98. The molecule has 1 unspecified atom stereocenters. The number of nitrogen functional groups attached to an aromatic ring is 1. The normalized spacial score (nSPS) is 12.8. The predicted molar refractivity (Wildman–Crippen MR) is 85.4 cm³/mol. The SMILES string of the molecule is CC(C)CCCCNCCC(C)c1ccc(N)cc1. The van der Waals surface area contributed by atoms with Crippen LogP contribution in [0.15, 0.2) is 24.3 Å². The van der Waals surface area contributed by atoms with Gasteiger partial charge in [-0.3, -0.25) is 0 Å². The minimum atomic E-state index is 0.601. The maximum absolute atomic E-state index is 5.70. The third-order valence-corrected chi connectivity index (χ3v) is 3.64. The van der Waals surface area contributed by atoms with E-state index in [0.717, 1.165) is 24.7 Å². The van der Waals surface area contributed by atoms with Crippen molar-refractivity contribution in [2.75, 3.05) is 18.8 Å². The highest BCUT2D eigenvalue weighted by molar-refractivity contribution is 5.40. The maximum Gasteiger partial charge on any atom is 0.0314 e. The molecule has 0 fully saturated rings. The van der Waals surface area contributed by atoms with Crippen molar-refractivity contribution in [1.29, 1.82) is 0 Å². The van der Waals surface area contributed by atoms with Crippen LogP contribution in [0, 0.1) is 5.92 Å². The molecule has 19 heavy (non-hydrogen) atoms. The first-order valence-electron chi connectivity index (χ1n) is 7.65. The second-order valence-electron chi connectivity index (χ2n) is 6.00. The lowest BCUT2D eigenvalue weighted by Gasteiger charge is -2.13. The van der Waals surface area contributed by atoms with Gasteiger partial charge in [-0.1, -0.05) is 45.7 Å². The number of unbranched alkanes of at least 4 members (excludes halogenated alkanes) is 1. The molecule has 2 heteroatoms. The van der Waals surface area contributed by atoms with Crippen LogP contribution in [0.3, 0.4) is 0 Å². The fourth-order valence-corrected chi connectivity index (χ4v) is 2.24. The summed E-state index contributed by atoms with van der Waals surface area (Å²) in [6.07, 6.45) is 5.18. The Labute approximate surface area is 118 Å². The summed E-state index contributed by atoms with van der Waals surface area (Å²) < 4.78 is 0. The number of nitrogens with two attached hydrogens (primary N) is 1. The van der Waals surface area contributed by atoms with Crippen molar-refractivity contribution in [1.82, 2.24) is 5.32 Å². The van der Waals surface area contributed by atoms with E-state index in [-0.39, 0.29) is 0 Å². The Bertz CT molecular complexity index is 330. The minimum Gasteiger partial charge on any atom is -0.399 e. The van der Waals surface area contributed by atoms with Gasteiger partial charge in [0.1, 0.15) is 0 Å². The van der Waals surface area contributed by atoms with Gasteiger partial charge in [0.25, 0.3) is 0 Å². The molecule has 0 bridgehead atoms. The smallest absolute Gasteiger partial charge is 0.0314 e. The fraction of sp³-hybridized carbons (Fsp3) is 0.647. The average molecular weight is 262 g/mol. The van der Waals surface area contributed by atoms with Gasteiger partial charge < -0.3 is 11.1 Å². The molecule has 0 aliphatic rings.